The van der Waals surface area contributed by atoms with E-state index in [9.17, 15) is 4.79 Å². The average Bonchev–Trinajstić information content (AvgIpc) is 3.24. The highest BCUT2D eigenvalue weighted by molar-refractivity contribution is 9.10. The van der Waals surface area contributed by atoms with Crippen LogP contribution in [0.5, 0.6) is 0 Å². The maximum absolute atomic E-state index is 12.3. The van der Waals surface area contributed by atoms with Crippen LogP contribution in [0.1, 0.15) is 11.3 Å². The molecule has 1 amide bonds. The predicted octanol–water partition coefficient (Wildman–Crippen LogP) is 6.56. The van der Waals surface area contributed by atoms with Gasteiger partial charge >= 0.3 is 0 Å². The molecule has 0 unspecified atom stereocenters. The van der Waals surface area contributed by atoms with Gasteiger partial charge in [0.25, 0.3) is 5.91 Å². The van der Waals surface area contributed by atoms with Crippen LogP contribution in [0.25, 0.3) is 17.4 Å². The summed E-state index contributed by atoms with van der Waals surface area (Å²) in [6.07, 6.45) is 1.71. The summed E-state index contributed by atoms with van der Waals surface area (Å²) >= 11 is 10.9. The molecule has 0 atom stereocenters. The number of para-hydroxylation sites is 1. The van der Waals surface area contributed by atoms with Crippen molar-refractivity contribution < 1.29 is 9.21 Å². The number of aryl methyl sites for hydroxylation is 1. The second-order valence-corrected chi connectivity index (χ2v) is 8.41. The van der Waals surface area contributed by atoms with Crippen molar-refractivity contribution in [2.24, 2.45) is 4.99 Å². The van der Waals surface area contributed by atoms with Crippen LogP contribution in [0.2, 0.25) is 5.02 Å². The molecule has 140 valence electrons. The minimum atomic E-state index is -0.217. The number of carbonyl (C=O) groups excluding carboxylic acids is 1. The Morgan fingerprint density at radius 2 is 2.00 bits per heavy atom. The van der Waals surface area contributed by atoms with Crippen LogP contribution >= 0.6 is 39.3 Å². The van der Waals surface area contributed by atoms with Gasteiger partial charge in [0.15, 0.2) is 5.17 Å². The maximum Gasteiger partial charge on any atom is 0.264 e. The van der Waals surface area contributed by atoms with Crippen LogP contribution in [0.3, 0.4) is 0 Å². The molecule has 1 N–H and O–H groups in total. The zero-order chi connectivity index (χ0) is 19.7. The number of halogens is 2. The zero-order valence-corrected chi connectivity index (χ0v) is 17.9. The highest BCUT2D eigenvalue weighted by Crippen LogP contribution is 2.33. The molecule has 7 heteroatoms. The number of rotatable bonds is 3. The van der Waals surface area contributed by atoms with Crippen LogP contribution in [0.4, 0.5) is 5.69 Å². The van der Waals surface area contributed by atoms with Gasteiger partial charge in [-0.1, -0.05) is 45.7 Å². The number of aliphatic imine (C=N–C) groups is 1. The number of furan rings is 1. The Labute approximate surface area is 179 Å². The average molecular weight is 474 g/mol. The Bertz CT molecular complexity index is 1140. The lowest BCUT2D eigenvalue weighted by Crippen LogP contribution is -2.19. The van der Waals surface area contributed by atoms with E-state index >= 15 is 0 Å². The molecule has 1 aliphatic rings. The summed E-state index contributed by atoms with van der Waals surface area (Å²) in [6, 6.07) is 17.0. The van der Waals surface area contributed by atoms with E-state index in [0.29, 0.717) is 26.5 Å². The van der Waals surface area contributed by atoms with Gasteiger partial charge in [-0.2, -0.15) is 0 Å². The number of nitrogens with one attached hydrogen (secondary N) is 1. The fourth-order valence-corrected chi connectivity index (χ4v) is 4.34. The number of carbonyl (C=O) groups is 1. The molecule has 0 spiro atoms. The Hall–Kier alpha value is -2.28. The smallest absolute Gasteiger partial charge is 0.264 e. The molecule has 2 aromatic carbocycles. The third-order valence-corrected chi connectivity index (χ3v) is 5.90. The number of thioether (sulfide) groups is 1. The lowest BCUT2D eigenvalue weighted by atomic mass is 10.1. The monoisotopic (exact) mass is 472 g/mol. The van der Waals surface area contributed by atoms with Gasteiger partial charge in [0.1, 0.15) is 11.5 Å². The van der Waals surface area contributed by atoms with Crippen LogP contribution in [0.15, 0.2) is 73.4 Å². The number of hydrogen-bond donors (Lipinski definition) is 1. The quantitative estimate of drug-likeness (QED) is 0.438. The van der Waals surface area contributed by atoms with E-state index in [4.69, 9.17) is 16.0 Å². The predicted molar refractivity (Wildman–Crippen MR) is 119 cm³/mol. The largest absolute Gasteiger partial charge is 0.457 e. The van der Waals surface area contributed by atoms with Gasteiger partial charge in [-0.15, -0.1) is 0 Å². The van der Waals surface area contributed by atoms with Gasteiger partial charge in [-0.25, -0.2) is 4.99 Å². The van der Waals surface area contributed by atoms with Crippen molar-refractivity contribution in [3.8, 4) is 11.3 Å². The van der Waals surface area contributed by atoms with E-state index in [-0.39, 0.29) is 5.91 Å². The first kappa shape index (κ1) is 19.1. The molecule has 0 radical (unpaired) electrons. The number of amidine groups is 1. The van der Waals surface area contributed by atoms with Crippen molar-refractivity contribution in [3.63, 3.8) is 0 Å². The fourth-order valence-electron chi connectivity index (χ4n) is 2.66. The van der Waals surface area contributed by atoms with Crippen LogP contribution in [-0.2, 0) is 4.79 Å². The van der Waals surface area contributed by atoms with Gasteiger partial charge in [-0.3, -0.25) is 4.79 Å². The number of benzene rings is 2. The first-order valence-electron chi connectivity index (χ1n) is 8.40. The summed E-state index contributed by atoms with van der Waals surface area (Å²) in [5.41, 5.74) is 2.73. The lowest BCUT2D eigenvalue weighted by Gasteiger charge is -2.02. The van der Waals surface area contributed by atoms with Crippen LogP contribution in [0, 0.1) is 6.92 Å². The van der Waals surface area contributed by atoms with E-state index < -0.39 is 0 Å². The van der Waals surface area contributed by atoms with E-state index in [2.05, 4.69) is 26.2 Å². The minimum Gasteiger partial charge on any atom is -0.457 e. The molecule has 0 aliphatic carbocycles. The second-order valence-electron chi connectivity index (χ2n) is 6.12. The van der Waals surface area contributed by atoms with E-state index in [0.717, 1.165) is 21.4 Å². The molecular formula is C21H14BrClN2O2S. The molecule has 1 aliphatic heterocycles. The van der Waals surface area contributed by atoms with E-state index in [1.165, 1.54) is 11.8 Å². The first-order chi connectivity index (χ1) is 13.5. The first-order valence-corrected chi connectivity index (χ1v) is 10.4. The van der Waals surface area contributed by atoms with E-state index in [1.54, 1.807) is 18.2 Å². The van der Waals surface area contributed by atoms with Gasteiger partial charge in [0.05, 0.1) is 15.6 Å². The van der Waals surface area contributed by atoms with Crippen molar-refractivity contribution in [3.05, 3.63) is 80.3 Å². The van der Waals surface area contributed by atoms with Crippen molar-refractivity contribution >= 4 is 62.1 Å². The molecule has 1 saturated heterocycles. The van der Waals surface area contributed by atoms with Gasteiger partial charge in [0, 0.05) is 16.1 Å². The Kier molecular flexibility index (Phi) is 5.44. The van der Waals surface area contributed by atoms with Gasteiger partial charge in [0.2, 0.25) is 0 Å². The van der Waals surface area contributed by atoms with Gasteiger partial charge in [-0.05, 0) is 60.6 Å². The Morgan fingerprint density at radius 1 is 1.18 bits per heavy atom. The minimum absolute atomic E-state index is 0.217. The summed E-state index contributed by atoms with van der Waals surface area (Å²) in [4.78, 5) is 17.2. The molecule has 28 heavy (non-hydrogen) atoms. The van der Waals surface area contributed by atoms with Gasteiger partial charge < -0.3 is 9.73 Å². The number of hydrogen-bond acceptors (Lipinski definition) is 4. The molecular weight excluding hydrogens is 460 g/mol. The number of amides is 1. The van der Waals surface area contributed by atoms with Crippen LogP contribution < -0.4 is 5.32 Å². The summed E-state index contributed by atoms with van der Waals surface area (Å²) in [7, 11) is 0. The van der Waals surface area contributed by atoms with Crippen molar-refractivity contribution in [2.75, 3.05) is 0 Å². The Morgan fingerprint density at radius 3 is 2.79 bits per heavy atom. The molecule has 4 rings (SSSR count). The molecule has 4 nitrogen and oxygen atoms in total. The third kappa shape index (κ3) is 4.09. The highest BCUT2D eigenvalue weighted by Gasteiger charge is 2.24. The lowest BCUT2D eigenvalue weighted by molar-refractivity contribution is -0.115. The van der Waals surface area contributed by atoms with Crippen LogP contribution in [-0.4, -0.2) is 11.1 Å². The van der Waals surface area contributed by atoms with Crippen molar-refractivity contribution in [1.29, 1.82) is 0 Å². The maximum atomic E-state index is 12.3. The van der Waals surface area contributed by atoms with Crippen molar-refractivity contribution in [2.45, 2.75) is 6.92 Å². The van der Waals surface area contributed by atoms with Crippen molar-refractivity contribution in [1.82, 2.24) is 5.32 Å². The normalized spacial score (nSPS) is 16.8. The standard InChI is InChI=1S/C21H14BrClN2O2S/c1-12-6-8-14(15(22)10-12)18-9-7-13(27-18)11-19-20(26)25-21(28-19)24-17-5-3-2-4-16(17)23/h2-11H,1H3,(H,24,25,26). The summed E-state index contributed by atoms with van der Waals surface area (Å²) in [5, 5.41) is 3.76. The summed E-state index contributed by atoms with van der Waals surface area (Å²) < 4.78 is 6.87. The third-order valence-electron chi connectivity index (χ3n) is 4.02. The SMILES string of the molecule is Cc1ccc(-c2ccc(C=C3SC(=Nc4ccccc4Cl)NC3=O)o2)c(Br)c1. The molecule has 0 saturated carbocycles. The zero-order valence-electron chi connectivity index (χ0n) is 14.7. The fraction of sp³-hybridized carbons (Fsp3) is 0.0476. The number of nitrogens with zero attached hydrogens (tertiary/aromatic N) is 1. The second kappa shape index (κ2) is 7.99. The molecule has 1 fully saturated rings. The Balaban J connectivity index is 1.57. The van der Waals surface area contributed by atoms with E-state index in [1.807, 2.05) is 49.4 Å². The summed E-state index contributed by atoms with van der Waals surface area (Å²) in [5.74, 6) is 1.11. The molecule has 3 aromatic rings. The summed E-state index contributed by atoms with van der Waals surface area (Å²) in [6.45, 7) is 2.03. The molecule has 0 bridgehead atoms. The molecule has 1 aromatic heterocycles. The topological polar surface area (TPSA) is 54.6 Å². The highest BCUT2D eigenvalue weighted by atomic mass is 79.9. The molecule has 2 heterocycles.